The van der Waals surface area contributed by atoms with Crippen LogP contribution in [0.2, 0.25) is 0 Å². The van der Waals surface area contributed by atoms with Crippen LogP contribution in [0.3, 0.4) is 0 Å². The molecule has 0 saturated carbocycles. The SMILES string of the molecule is CCOc1ccc(NC(=O)c2cccc(S(=O)(=O)Nc3ccc(C)cc3)c2)cc1. The fraction of sp³-hybridized carbons (Fsp3) is 0.136. The molecule has 6 nitrogen and oxygen atoms in total. The van der Waals surface area contributed by atoms with Gasteiger partial charge in [0.1, 0.15) is 5.75 Å². The van der Waals surface area contributed by atoms with Gasteiger partial charge in [0.05, 0.1) is 11.5 Å². The maximum Gasteiger partial charge on any atom is 0.261 e. The molecule has 0 radical (unpaired) electrons. The van der Waals surface area contributed by atoms with Crippen molar-refractivity contribution in [3.8, 4) is 5.75 Å². The Morgan fingerprint density at radius 2 is 1.59 bits per heavy atom. The number of anilines is 2. The summed E-state index contributed by atoms with van der Waals surface area (Å²) in [6, 6.07) is 19.9. The number of aryl methyl sites for hydroxylation is 1. The number of sulfonamides is 1. The molecule has 7 heteroatoms. The number of carbonyl (C=O) groups excluding carboxylic acids is 1. The summed E-state index contributed by atoms with van der Waals surface area (Å²) in [5.74, 6) is 0.308. The third kappa shape index (κ3) is 5.36. The van der Waals surface area contributed by atoms with E-state index in [2.05, 4.69) is 10.0 Å². The van der Waals surface area contributed by atoms with E-state index in [4.69, 9.17) is 4.74 Å². The standard InChI is InChI=1S/C22H22N2O4S/c1-3-28-20-13-11-18(12-14-20)23-22(25)17-5-4-6-21(15-17)29(26,27)24-19-9-7-16(2)8-10-19/h4-15,24H,3H2,1-2H3,(H,23,25). The van der Waals surface area contributed by atoms with Crippen LogP contribution in [0.25, 0.3) is 0 Å². The molecule has 29 heavy (non-hydrogen) atoms. The van der Waals surface area contributed by atoms with Crippen LogP contribution in [0.4, 0.5) is 11.4 Å². The highest BCUT2D eigenvalue weighted by Crippen LogP contribution is 2.20. The van der Waals surface area contributed by atoms with Gasteiger partial charge in [-0.1, -0.05) is 23.8 Å². The average molecular weight is 410 g/mol. The van der Waals surface area contributed by atoms with Gasteiger partial charge in [-0.2, -0.15) is 0 Å². The number of ether oxygens (including phenoxy) is 1. The third-order valence-electron chi connectivity index (χ3n) is 4.13. The maximum absolute atomic E-state index is 12.7. The van der Waals surface area contributed by atoms with E-state index in [9.17, 15) is 13.2 Å². The van der Waals surface area contributed by atoms with Crippen molar-refractivity contribution in [3.05, 3.63) is 83.9 Å². The lowest BCUT2D eigenvalue weighted by atomic mass is 10.2. The lowest BCUT2D eigenvalue weighted by Crippen LogP contribution is -2.16. The first kappa shape index (κ1) is 20.4. The zero-order valence-corrected chi connectivity index (χ0v) is 17.0. The summed E-state index contributed by atoms with van der Waals surface area (Å²) in [5, 5.41) is 2.75. The predicted octanol–water partition coefficient (Wildman–Crippen LogP) is 4.45. The molecule has 0 unspecified atom stereocenters. The van der Waals surface area contributed by atoms with Gasteiger partial charge in [-0.15, -0.1) is 0 Å². The Morgan fingerprint density at radius 3 is 2.24 bits per heavy atom. The highest BCUT2D eigenvalue weighted by molar-refractivity contribution is 7.92. The number of benzene rings is 3. The van der Waals surface area contributed by atoms with Crippen LogP contribution in [0.15, 0.2) is 77.7 Å². The Labute approximate surface area is 170 Å². The largest absolute Gasteiger partial charge is 0.494 e. The number of rotatable bonds is 7. The van der Waals surface area contributed by atoms with Crippen LogP contribution in [-0.2, 0) is 10.0 Å². The summed E-state index contributed by atoms with van der Waals surface area (Å²) in [4.78, 5) is 12.6. The van der Waals surface area contributed by atoms with Gasteiger partial charge < -0.3 is 10.1 Å². The summed E-state index contributed by atoms with van der Waals surface area (Å²) in [6.07, 6.45) is 0. The smallest absolute Gasteiger partial charge is 0.261 e. The monoisotopic (exact) mass is 410 g/mol. The van der Waals surface area contributed by atoms with Crippen molar-refractivity contribution in [2.75, 3.05) is 16.6 Å². The molecule has 3 aromatic carbocycles. The molecule has 0 atom stereocenters. The highest BCUT2D eigenvalue weighted by Gasteiger charge is 2.16. The van der Waals surface area contributed by atoms with Gasteiger partial charge in [0.15, 0.2) is 0 Å². The second-order valence-corrected chi connectivity index (χ2v) is 8.09. The van der Waals surface area contributed by atoms with Crippen LogP contribution < -0.4 is 14.8 Å². The van der Waals surface area contributed by atoms with Gasteiger partial charge in [0.2, 0.25) is 0 Å². The van der Waals surface area contributed by atoms with E-state index in [1.165, 1.54) is 18.2 Å². The molecule has 3 aromatic rings. The van der Waals surface area contributed by atoms with Gasteiger partial charge >= 0.3 is 0 Å². The molecule has 0 heterocycles. The molecule has 0 aromatic heterocycles. The van der Waals surface area contributed by atoms with Gasteiger partial charge in [-0.05, 0) is 68.4 Å². The van der Waals surface area contributed by atoms with E-state index < -0.39 is 15.9 Å². The van der Waals surface area contributed by atoms with Gasteiger partial charge in [0, 0.05) is 16.9 Å². The van der Waals surface area contributed by atoms with E-state index in [1.807, 2.05) is 26.0 Å². The van der Waals surface area contributed by atoms with E-state index in [0.29, 0.717) is 23.7 Å². The molecule has 0 fully saturated rings. The first-order valence-corrected chi connectivity index (χ1v) is 10.6. The molecule has 1 amide bonds. The van der Waals surface area contributed by atoms with Crippen molar-refractivity contribution in [1.29, 1.82) is 0 Å². The Balaban J connectivity index is 1.75. The minimum absolute atomic E-state index is 0.0115. The number of carbonyl (C=O) groups is 1. The first-order valence-electron chi connectivity index (χ1n) is 9.11. The van der Waals surface area contributed by atoms with Crippen LogP contribution in [0.1, 0.15) is 22.8 Å². The number of hydrogen-bond donors (Lipinski definition) is 2. The summed E-state index contributed by atoms with van der Waals surface area (Å²) >= 11 is 0. The summed E-state index contributed by atoms with van der Waals surface area (Å²) in [7, 11) is -3.81. The Hall–Kier alpha value is -3.32. The molecule has 0 aliphatic rings. The molecular weight excluding hydrogens is 388 g/mol. The molecule has 0 aliphatic carbocycles. The Morgan fingerprint density at radius 1 is 0.931 bits per heavy atom. The molecule has 150 valence electrons. The minimum Gasteiger partial charge on any atom is -0.494 e. The Bertz CT molecular complexity index is 1090. The van der Waals surface area contributed by atoms with Gasteiger partial charge in [0.25, 0.3) is 15.9 Å². The minimum atomic E-state index is -3.81. The van der Waals surface area contributed by atoms with E-state index >= 15 is 0 Å². The lowest BCUT2D eigenvalue weighted by molar-refractivity contribution is 0.102. The zero-order chi connectivity index (χ0) is 20.9. The van der Waals surface area contributed by atoms with Crippen molar-refractivity contribution in [1.82, 2.24) is 0 Å². The number of nitrogens with one attached hydrogen (secondary N) is 2. The summed E-state index contributed by atoms with van der Waals surface area (Å²) in [5.41, 5.74) is 2.32. The normalized spacial score (nSPS) is 11.0. The third-order valence-corrected chi connectivity index (χ3v) is 5.51. The number of hydrogen-bond acceptors (Lipinski definition) is 4. The lowest BCUT2D eigenvalue weighted by Gasteiger charge is -2.10. The molecular formula is C22H22N2O4S. The highest BCUT2D eigenvalue weighted by atomic mass is 32.2. The van der Waals surface area contributed by atoms with Crippen molar-refractivity contribution in [3.63, 3.8) is 0 Å². The van der Waals surface area contributed by atoms with Crippen molar-refractivity contribution < 1.29 is 17.9 Å². The van der Waals surface area contributed by atoms with E-state index in [-0.39, 0.29) is 10.5 Å². The molecule has 0 spiro atoms. The second kappa shape index (κ2) is 8.79. The van der Waals surface area contributed by atoms with Crippen molar-refractivity contribution >= 4 is 27.3 Å². The second-order valence-electron chi connectivity index (χ2n) is 6.41. The molecule has 2 N–H and O–H groups in total. The van der Waals surface area contributed by atoms with Crippen molar-refractivity contribution in [2.45, 2.75) is 18.7 Å². The first-order chi connectivity index (χ1) is 13.9. The summed E-state index contributed by atoms with van der Waals surface area (Å²) < 4.78 is 33.2. The summed E-state index contributed by atoms with van der Waals surface area (Å²) in [6.45, 7) is 4.37. The van der Waals surface area contributed by atoms with Gasteiger partial charge in [-0.3, -0.25) is 9.52 Å². The average Bonchev–Trinajstić information content (AvgIpc) is 2.71. The quantitative estimate of drug-likeness (QED) is 0.603. The molecule has 0 saturated heterocycles. The number of amides is 1. The molecule has 0 bridgehead atoms. The van der Waals surface area contributed by atoms with Crippen LogP contribution >= 0.6 is 0 Å². The van der Waals surface area contributed by atoms with E-state index in [0.717, 1.165) is 5.56 Å². The maximum atomic E-state index is 12.7. The molecule has 3 rings (SSSR count). The van der Waals surface area contributed by atoms with Gasteiger partial charge in [-0.25, -0.2) is 8.42 Å². The Kier molecular flexibility index (Phi) is 6.19. The zero-order valence-electron chi connectivity index (χ0n) is 16.2. The van der Waals surface area contributed by atoms with Crippen LogP contribution in [0, 0.1) is 6.92 Å². The van der Waals surface area contributed by atoms with Crippen LogP contribution in [0.5, 0.6) is 5.75 Å². The fourth-order valence-electron chi connectivity index (χ4n) is 2.64. The van der Waals surface area contributed by atoms with Crippen LogP contribution in [-0.4, -0.2) is 20.9 Å². The topological polar surface area (TPSA) is 84.5 Å². The molecule has 0 aliphatic heterocycles. The van der Waals surface area contributed by atoms with E-state index in [1.54, 1.807) is 42.5 Å². The fourth-order valence-corrected chi connectivity index (χ4v) is 3.75. The predicted molar refractivity (Wildman–Crippen MR) is 114 cm³/mol. The van der Waals surface area contributed by atoms with Crippen molar-refractivity contribution in [2.24, 2.45) is 0 Å².